The fourth-order valence-corrected chi connectivity index (χ4v) is 4.36. The van der Waals surface area contributed by atoms with Crippen LogP contribution in [-0.2, 0) is 14.3 Å². The number of nitrogens with zero attached hydrogens (tertiary/aromatic N) is 3. The fourth-order valence-electron chi connectivity index (χ4n) is 4.36. The molecule has 8 heteroatoms. The molecule has 1 aliphatic heterocycles. The molecule has 182 valence electrons. The molecule has 0 aliphatic carbocycles. The lowest BCUT2D eigenvalue weighted by atomic mass is 9.98. The van der Waals surface area contributed by atoms with E-state index < -0.39 is 0 Å². The number of ether oxygens (including phenoxy) is 1. The molecule has 0 spiro atoms. The lowest BCUT2D eigenvalue weighted by Gasteiger charge is -2.32. The molecule has 1 aliphatic rings. The van der Waals surface area contributed by atoms with E-state index in [-0.39, 0.29) is 36.1 Å². The number of carbonyl (C=O) groups excluding carboxylic acids is 3. The lowest BCUT2D eigenvalue weighted by molar-refractivity contribution is -0.151. The first kappa shape index (κ1) is 24.3. The Kier molecular flexibility index (Phi) is 7.39. The van der Waals surface area contributed by atoms with E-state index in [2.05, 4.69) is 4.98 Å². The first-order valence-electron chi connectivity index (χ1n) is 11.7. The summed E-state index contributed by atoms with van der Waals surface area (Å²) in [4.78, 5) is 46.2. The highest BCUT2D eigenvalue weighted by atomic mass is 19.1. The van der Waals surface area contributed by atoms with Crippen LogP contribution in [0.1, 0.15) is 30.1 Å². The zero-order valence-electron chi connectivity index (χ0n) is 19.9. The van der Waals surface area contributed by atoms with Gasteiger partial charge in [-0.25, -0.2) is 9.37 Å². The highest BCUT2D eigenvalue weighted by Gasteiger charge is 2.30. The van der Waals surface area contributed by atoms with Crippen molar-refractivity contribution in [3.63, 3.8) is 0 Å². The third-order valence-corrected chi connectivity index (χ3v) is 6.20. The first-order chi connectivity index (χ1) is 16.9. The molecule has 1 atom stereocenters. The van der Waals surface area contributed by atoms with E-state index in [9.17, 15) is 18.8 Å². The standard InChI is InChI=1S/C27H28FN3O4/c1-3-35-27(34)19-7-6-14-31(16-19)25(32)17-30(2)26(33)22-15-24(18-10-12-20(28)13-11-18)29-23-9-5-4-8-21(22)23/h4-5,8-13,15,19H,3,6-7,14,16-17H2,1-2H3. The number of esters is 1. The zero-order valence-corrected chi connectivity index (χ0v) is 19.9. The predicted molar refractivity (Wildman–Crippen MR) is 130 cm³/mol. The lowest BCUT2D eigenvalue weighted by Crippen LogP contribution is -2.47. The van der Waals surface area contributed by atoms with E-state index in [0.717, 1.165) is 0 Å². The van der Waals surface area contributed by atoms with Crippen LogP contribution < -0.4 is 0 Å². The summed E-state index contributed by atoms with van der Waals surface area (Å²) in [6.07, 6.45) is 1.40. The minimum atomic E-state index is -0.355. The Labute approximate surface area is 203 Å². The number of amides is 2. The van der Waals surface area contributed by atoms with Gasteiger partial charge in [-0.3, -0.25) is 14.4 Å². The van der Waals surface area contributed by atoms with Crippen molar-refractivity contribution in [1.82, 2.24) is 14.8 Å². The van der Waals surface area contributed by atoms with Gasteiger partial charge in [-0.1, -0.05) is 18.2 Å². The molecule has 7 nitrogen and oxygen atoms in total. The maximum atomic E-state index is 13.5. The van der Waals surface area contributed by atoms with E-state index in [0.29, 0.717) is 60.3 Å². The minimum Gasteiger partial charge on any atom is -0.466 e. The van der Waals surface area contributed by atoms with Crippen LogP contribution in [0.15, 0.2) is 54.6 Å². The van der Waals surface area contributed by atoms with Crippen molar-refractivity contribution in [2.24, 2.45) is 5.92 Å². The maximum absolute atomic E-state index is 13.5. The summed E-state index contributed by atoms with van der Waals surface area (Å²) in [7, 11) is 1.58. The van der Waals surface area contributed by atoms with Crippen LogP contribution in [0, 0.1) is 11.7 Å². The summed E-state index contributed by atoms with van der Waals surface area (Å²) in [6.45, 7) is 2.79. The monoisotopic (exact) mass is 477 g/mol. The van der Waals surface area contributed by atoms with Crippen molar-refractivity contribution in [2.75, 3.05) is 33.3 Å². The Bertz CT molecular complexity index is 1240. The molecule has 1 fully saturated rings. The average Bonchev–Trinajstić information content (AvgIpc) is 2.88. The van der Waals surface area contributed by atoms with Gasteiger partial charge in [0, 0.05) is 31.1 Å². The van der Waals surface area contributed by atoms with Crippen LogP contribution >= 0.6 is 0 Å². The number of carbonyl (C=O) groups is 3. The number of hydrogen-bond donors (Lipinski definition) is 0. The maximum Gasteiger partial charge on any atom is 0.310 e. The van der Waals surface area contributed by atoms with E-state index >= 15 is 0 Å². The molecule has 2 heterocycles. The molecule has 0 bridgehead atoms. The van der Waals surface area contributed by atoms with Crippen molar-refractivity contribution < 1.29 is 23.5 Å². The Morgan fingerprint density at radius 2 is 1.89 bits per heavy atom. The second-order valence-electron chi connectivity index (χ2n) is 8.67. The number of halogens is 1. The number of hydrogen-bond acceptors (Lipinski definition) is 5. The summed E-state index contributed by atoms with van der Waals surface area (Å²) in [6, 6.07) is 14.9. The van der Waals surface area contributed by atoms with Gasteiger partial charge in [0.15, 0.2) is 0 Å². The highest BCUT2D eigenvalue weighted by molar-refractivity contribution is 6.07. The second-order valence-corrected chi connectivity index (χ2v) is 8.67. The minimum absolute atomic E-state index is 0.114. The average molecular weight is 478 g/mol. The van der Waals surface area contributed by atoms with E-state index in [1.165, 1.54) is 17.0 Å². The SMILES string of the molecule is CCOC(=O)C1CCCN(C(=O)CN(C)C(=O)c2cc(-c3ccc(F)cc3)nc3ccccc23)C1. The number of likely N-dealkylation sites (tertiary alicyclic amines) is 1. The van der Waals surface area contributed by atoms with Crippen molar-refractivity contribution in [3.05, 3.63) is 66.0 Å². The van der Waals surface area contributed by atoms with Crippen molar-refractivity contribution in [3.8, 4) is 11.3 Å². The van der Waals surface area contributed by atoms with Crippen LogP contribution in [0.25, 0.3) is 22.2 Å². The van der Waals surface area contributed by atoms with E-state index in [1.54, 1.807) is 37.1 Å². The van der Waals surface area contributed by atoms with Gasteiger partial charge in [0.1, 0.15) is 5.82 Å². The highest BCUT2D eigenvalue weighted by Crippen LogP contribution is 2.26. The summed E-state index contributed by atoms with van der Waals surface area (Å²) >= 11 is 0. The zero-order chi connectivity index (χ0) is 24.9. The number of likely N-dealkylation sites (N-methyl/N-ethyl adjacent to an activating group) is 1. The van der Waals surface area contributed by atoms with Crippen LogP contribution in [0.5, 0.6) is 0 Å². The normalized spacial score (nSPS) is 15.6. The molecule has 2 amide bonds. The van der Waals surface area contributed by atoms with Gasteiger partial charge in [0.25, 0.3) is 5.91 Å². The van der Waals surface area contributed by atoms with Crippen molar-refractivity contribution in [2.45, 2.75) is 19.8 Å². The number of rotatable bonds is 6. The molecule has 0 N–H and O–H groups in total. The molecular formula is C27H28FN3O4. The van der Waals surface area contributed by atoms with Crippen LogP contribution in [0.4, 0.5) is 4.39 Å². The molecule has 1 aromatic heterocycles. The van der Waals surface area contributed by atoms with Gasteiger partial charge >= 0.3 is 5.97 Å². The molecule has 35 heavy (non-hydrogen) atoms. The van der Waals surface area contributed by atoms with Gasteiger partial charge in [-0.15, -0.1) is 0 Å². The van der Waals surface area contributed by atoms with Gasteiger partial charge in [-0.2, -0.15) is 0 Å². The number of para-hydroxylation sites is 1. The topological polar surface area (TPSA) is 79.8 Å². The number of piperidine rings is 1. The molecule has 0 saturated carbocycles. The quantitative estimate of drug-likeness (QED) is 0.503. The van der Waals surface area contributed by atoms with Crippen molar-refractivity contribution in [1.29, 1.82) is 0 Å². The predicted octanol–water partition coefficient (Wildman–Crippen LogP) is 3.91. The number of aromatic nitrogens is 1. The number of pyridine rings is 1. The van der Waals surface area contributed by atoms with Gasteiger partial charge < -0.3 is 14.5 Å². The second kappa shape index (κ2) is 10.6. The summed E-state index contributed by atoms with van der Waals surface area (Å²) in [5.41, 5.74) is 2.27. The molecule has 4 rings (SSSR count). The van der Waals surface area contributed by atoms with Crippen LogP contribution in [0.2, 0.25) is 0 Å². The molecule has 1 saturated heterocycles. The van der Waals surface area contributed by atoms with Crippen LogP contribution in [-0.4, -0.2) is 65.9 Å². The van der Waals surface area contributed by atoms with E-state index in [1.807, 2.05) is 24.3 Å². The number of benzene rings is 2. The molecule has 2 aromatic carbocycles. The van der Waals surface area contributed by atoms with Gasteiger partial charge in [0.2, 0.25) is 5.91 Å². The summed E-state index contributed by atoms with van der Waals surface area (Å²) in [5.74, 6) is -1.51. The van der Waals surface area contributed by atoms with Crippen molar-refractivity contribution >= 4 is 28.7 Å². The fraction of sp³-hybridized carbons (Fsp3) is 0.333. The Balaban J connectivity index is 1.55. The number of fused-ring (bicyclic) bond motifs is 1. The largest absolute Gasteiger partial charge is 0.466 e. The Morgan fingerprint density at radius 3 is 2.63 bits per heavy atom. The smallest absolute Gasteiger partial charge is 0.310 e. The van der Waals surface area contributed by atoms with Gasteiger partial charge in [0.05, 0.1) is 35.8 Å². The summed E-state index contributed by atoms with van der Waals surface area (Å²) in [5, 5.41) is 0.669. The summed E-state index contributed by atoms with van der Waals surface area (Å²) < 4.78 is 18.5. The Morgan fingerprint density at radius 1 is 1.14 bits per heavy atom. The molecule has 3 aromatic rings. The molecular weight excluding hydrogens is 449 g/mol. The third kappa shape index (κ3) is 5.48. The molecule has 0 radical (unpaired) electrons. The van der Waals surface area contributed by atoms with E-state index in [4.69, 9.17) is 4.74 Å². The molecule has 1 unspecified atom stereocenters. The van der Waals surface area contributed by atoms with Crippen LogP contribution in [0.3, 0.4) is 0 Å². The first-order valence-corrected chi connectivity index (χ1v) is 11.7. The third-order valence-electron chi connectivity index (χ3n) is 6.20. The Hall–Kier alpha value is -3.81. The van der Waals surface area contributed by atoms with Gasteiger partial charge in [-0.05, 0) is 56.2 Å².